The lowest BCUT2D eigenvalue weighted by Crippen LogP contribution is -2.26. The zero-order chi connectivity index (χ0) is 16.4. The van der Waals surface area contributed by atoms with E-state index in [1.807, 2.05) is 0 Å². The van der Waals surface area contributed by atoms with Crippen molar-refractivity contribution in [2.75, 3.05) is 5.32 Å². The van der Waals surface area contributed by atoms with Gasteiger partial charge in [-0.25, -0.2) is 4.98 Å². The van der Waals surface area contributed by atoms with E-state index in [0.717, 1.165) is 18.8 Å². The van der Waals surface area contributed by atoms with Crippen molar-refractivity contribution in [1.29, 1.82) is 0 Å². The van der Waals surface area contributed by atoms with E-state index in [1.54, 1.807) is 19.2 Å². The van der Waals surface area contributed by atoms with Crippen LogP contribution in [0.4, 0.5) is 11.9 Å². The molecule has 1 aliphatic carbocycles. The number of nitrogens with one attached hydrogen (secondary N) is 2. The SMILES string of the molecule is Cc1cc(-c2cnc(N[C@@H]3CCC[C@@H](C)C3)[nH]2)nc([N+](=O)[O-])n1. The van der Waals surface area contributed by atoms with Gasteiger partial charge in [-0.15, -0.1) is 0 Å². The fourth-order valence-electron chi connectivity index (χ4n) is 3.06. The molecule has 23 heavy (non-hydrogen) atoms. The molecule has 0 amide bonds. The molecule has 1 aliphatic rings. The van der Waals surface area contributed by atoms with E-state index in [9.17, 15) is 10.1 Å². The molecule has 8 heteroatoms. The number of anilines is 1. The van der Waals surface area contributed by atoms with Gasteiger partial charge in [0.2, 0.25) is 5.95 Å². The monoisotopic (exact) mass is 316 g/mol. The Kier molecular flexibility index (Phi) is 4.22. The fourth-order valence-corrected chi connectivity index (χ4v) is 3.06. The molecule has 0 spiro atoms. The van der Waals surface area contributed by atoms with Crippen molar-refractivity contribution < 1.29 is 4.92 Å². The third-order valence-electron chi connectivity index (χ3n) is 4.13. The van der Waals surface area contributed by atoms with Crippen molar-refractivity contribution in [3.8, 4) is 11.4 Å². The highest BCUT2D eigenvalue weighted by Gasteiger charge is 2.20. The van der Waals surface area contributed by atoms with Gasteiger partial charge in [-0.3, -0.25) is 0 Å². The van der Waals surface area contributed by atoms with Crippen LogP contribution < -0.4 is 5.32 Å². The number of aromatic amines is 1. The zero-order valence-corrected chi connectivity index (χ0v) is 13.2. The fraction of sp³-hybridized carbons (Fsp3) is 0.533. The summed E-state index contributed by atoms with van der Waals surface area (Å²) >= 11 is 0. The molecular formula is C15H20N6O2. The van der Waals surface area contributed by atoms with Crippen LogP contribution >= 0.6 is 0 Å². The lowest BCUT2D eigenvalue weighted by molar-refractivity contribution is -0.394. The highest BCUT2D eigenvalue weighted by atomic mass is 16.6. The van der Waals surface area contributed by atoms with Gasteiger partial charge in [0.05, 0.1) is 6.20 Å². The van der Waals surface area contributed by atoms with E-state index in [1.165, 1.54) is 12.8 Å². The lowest BCUT2D eigenvalue weighted by Gasteiger charge is -2.27. The van der Waals surface area contributed by atoms with E-state index in [2.05, 4.69) is 32.2 Å². The standard InChI is InChI=1S/C15H20N6O2/c1-9-4-3-5-11(6-9)18-14-16-8-13(19-14)12-7-10(2)17-15(20-12)21(22)23/h7-9,11H,3-6H2,1-2H3,(H2,16,18,19)/t9-,11-/m1/s1. The van der Waals surface area contributed by atoms with Crippen LogP contribution in [0.25, 0.3) is 11.4 Å². The first-order valence-corrected chi connectivity index (χ1v) is 7.83. The molecular weight excluding hydrogens is 296 g/mol. The van der Waals surface area contributed by atoms with Gasteiger partial charge in [0.1, 0.15) is 11.4 Å². The van der Waals surface area contributed by atoms with Crippen LogP contribution in [0, 0.1) is 23.0 Å². The predicted octanol–water partition coefficient (Wildman–Crippen LogP) is 3.07. The summed E-state index contributed by atoms with van der Waals surface area (Å²) in [4.78, 5) is 25.5. The number of H-pyrrole nitrogens is 1. The van der Waals surface area contributed by atoms with Gasteiger partial charge < -0.3 is 20.4 Å². The maximum absolute atomic E-state index is 10.9. The number of aromatic nitrogens is 4. The summed E-state index contributed by atoms with van der Waals surface area (Å²) < 4.78 is 0. The topological polar surface area (TPSA) is 110 Å². The Bertz CT molecular complexity index is 714. The summed E-state index contributed by atoms with van der Waals surface area (Å²) in [6, 6.07) is 2.12. The first-order chi connectivity index (χ1) is 11.0. The number of aryl methyl sites for hydroxylation is 1. The molecule has 0 aromatic carbocycles. The number of nitro groups is 1. The van der Waals surface area contributed by atoms with Crippen molar-refractivity contribution in [1.82, 2.24) is 19.9 Å². The Labute approximate surface area is 133 Å². The Morgan fingerprint density at radius 1 is 1.39 bits per heavy atom. The van der Waals surface area contributed by atoms with Crippen molar-refractivity contribution in [2.24, 2.45) is 5.92 Å². The third-order valence-corrected chi connectivity index (χ3v) is 4.13. The van der Waals surface area contributed by atoms with Crippen LogP contribution in [0.15, 0.2) is 12.3 Å². The molecule has 2 aromatic rings. The molecule has 122 valence electrons. The van der Waals surface area contributed by atoms with Gasteiger partial charge >= 0.3 is 5.95 Å². The molecule has 2 atom stereocenters. The highest BCUT2D eigenvalue weighted by molar-refractivity contribution is 5.57. The second kappa shape index (κ2) is 6.31. The van der Waals surface area contributed by atoms with E-state index in [-0.39, 0.29) is 0 Å². The number of hydrogen-bond donors (Lipinski definition) is 2. The number of hydrogen-bond acceptors (Lipinski definition) is 6. The second-order valence-electron chi connectivity index (χ2n) is 6.21. The quantitative estimate of drug-likeness (QED) is 0.662. The van der Waals surface area contributed by atoms with Crippen molar-refractivity contribution >= 4 is 11.9 Å². The van der Waals surface area contributed by atoms with Gasteiger partial charge in [-0.05, 0) is 30.6 Å². The molecule has 2 heterocycles. The van der Waals surface area contributed by atoms with E-state index in [4.69, 9.17) is 0 Å². The number of nitrogens with zero attached hydrogens (tertiary/aromatic N) is 4. The zero-order valence-electron chi connectivity index (χ0n) is 13.2. The maximum Gasteiger partial charge on any atom is 0.469 e. The third kappa shape index (κ3) is 3.64. The largest absolute Gasteiger partial charge is 0.469 e. The van der Waals surface area contributed by atoms with E-state index in [0.29, 0.717) is 29.1 Å². The van der Waals surface area contributed by atoms with Gasteiger partial charge in [0, 0.05) is 12.1 Å². The molecule has 0 saturated heterocycles. The van der Waals surface area contributed by atoms with Crippen LogP contribution in [0.1, 0.15) is 38.3 Å². The summed E-state index contributed by atoms with van der Waals surface area (Å²) in [5.41, 5.74) is 1.67. The summed E-state index contributed by atoms with van der Waals surface area (Å²) in [5.74, 6) is 1.01. The van der Waals surface area contributed by atoms with Gasteiger partial charge in [0.25, 0.3) is 0 Å². The van der Waals surface area contributed by atoms with Crippen molar-refractivity contribution in [2.45, 2.75) is 45.6 Å². The highest BCUT2D eigenvalue weighted by Crippen LogP contribution is 2.26. The number of rotatable bonds is 4. The molecule has 3 rings (SSSR count). The van der Waals surface area contributed by atoms with Gasteiger partial charge in [-0.1, -0.05) is 29.7 Å². The normalized spacial score (nSPS) is 21.1. The molecule has 0 unspecified atom stereocenters. The molecule has 0 radical (unpaired) electrons. The average Bonchev–Trinajstić information content (AvgIpc) is 2.95. The molecule has 0 bridgehead atoms. The van der Waals surface area contributed by atoms with E-state index < -0.39 is 10.9 Å². The van der Waals surface area contributed by atoms with Gasteiger partial charge in [0.15, 0.2) is 5.69 Å². The minimum atomic E-state index is -0.588. The van der Waals surface area contributed by atoms with Crippen molar-refractivity contribution in [3.63, 3.8) is 0 Å². The molecule has 1 saturated carbocycles. The average molecular weight is 316 g/mol. The van der Waals surface area contributed by atoms with E-state index >= 15 is 0 Å². The molecule has 2 N–H and O–H groups in total. The Balaban J connectivity index is 1.78. The first kappa shape index (κ1) is 15.4. The predicted molar refractivity (Wildman–Crippen MR) is 86.0 cm³/mol. The summed E-state index contributed by atoms with van der Waals surface area (Å²) in [6.07, 6.45) is 6.42. The maximum atomic E-state index is 10.9. The van der Waals surface area contributed by atoms with Crippen LogP contribution in [0.3, 0.4) is 0 Å². The van der Waals surface area contributed by atoms with Crippen LogP contribution in [0.2, 0.25) is 0 Å². The Hall–Kier alpha value is -2.51. The summed E-state index contributed by atoms with van der Waals surface area (Å²) in [5, 5.41) is 14.3. The summed E-state index contributed by atoms with van der Waals surface area (Å²) in [7, 11) is 0. The molecule has 8 nitrogen and oxygen atoms in total. The lowest BCUT2D eigenvalue weighted by atomic mass is 9.87. The van der Waals surface area contributed by atoms with Crippen LogP contribution in [-0.2, 0) is 0 Å². The Morgan fingerprint density at radius 2 is 2.22 bits per heavy atom. The van der Waals surface area contributed by atoms with Crippen LogP contribution in [0.5, 0.6) is 0 Å². The van der Waals surface area contributed by atoms with Crippen LogP contribution in [-0.4, -0.2) is 30.9 Å². The second-order valence-corrected chi connectivity index (χ2v) is 6.21. The van der Waals surface area contributed by atoms with Crippen molar-refractivity contribution in [3.05, 3.63) is 28.1 Å². The molecule has 0 aliphatic heterocycles. The van der Waals surface area contributed by atoms with Gasteiger partial charge in [-0.2, -0.15) is 0 Å². The smallest absolute Gasteiger partial charge is 0.390 e. The minimum Gasteiger partial charge on any atom is -0.390 e. The summed E-state index contributed by atoms with van der Waals surface area (Å²) in [6.45, 7) is 3.97. The Morgan fingerprint density at radius 3 is 2.96 bits per heavy atom. The molecule has 1 fully saturated rings. The first-order valence-electron chi connectivity index (χ1n) is 7.83. The minimum absolute atomic E-state index is 0.398. The molecule has 2 aromatic heterocycles. The number of imidazole rings is 1.